The largest absolute Gasteiger partial charge is 0.445 e. The summed E-state index contributed by atoms with van der Waals surface area (Å²) in [4.78, 5) is 23.9. The van der Waals surface area contributed by atoms with E-state index in [0.29, 0.717) is 32.2 Å². The number of nitrogens with one attached hydrogen (secondary N) is 1. The standard InChI is InChI=1S/C15H20N2O3/c18-12-16-10-13-6-8-17(9-7-13)15(19)20-11-14-4-2-1-3-5-14/h1-5,12-13H,6-11H2,(H,16,18). The summed E-state index contributed by atoms with van der Waals surface area (Å²) in [7, 11) is 0. The summed E-state index contributed by atoms with van der Waals surface area (Å²) in [6.45, 7) is 2.39. The Hall–Kier alpha value is -2.04. The Balaban J connectivity index is 1.70. The summed E-state index contributed by atoms with van der Waals surface area (Å²) >= 11 is 0. The van der Waals surface area contributed by atoms with E-state index in [1.807, 2.05) is 30.3 Å². The second-order valence-electron chi connectivity index (χ2n) is 5.00. The zero-order valence-electron chi connectivity index (χ0n) is 11.5. The lowest BCUT2D eigenvalue weighted by Gasteiger charge is -2.31. The number of hydrogen-bond acceptors (Lipinski definition) is 3. The van der Waals surface area contributed by atoms with E-state index in [-0.39, 0.29) is 6.09 Å². The molecule has 0 unspecified atom stereocenters. The minimum absolute atomic E-state index is 0.254. The van der Waals surface area contributed by atoms with Gasteiger partial charge in [-0.1, -0.05) is 30.3 Å². The number of hydrogen-bond donors (Lipinski definition) is 1. The van der Waals surface area contributed by atoms with Gasteiger partial charge in [0.2, 0.25) is 6.41 Å². The fourth-order valence-corrected chi connectivity index (χ4v) is 2.35. The smallest absolute Gasteiger partial charge is 0.410 e. The molecule has 20 heavy (non-hydrogen) atoms. The number of rotatable bonds is 5. The Kier molecular flexibility index (Phi) is 5.41. The van der Waals surface area contributed by atoms with Gasteiger partial charge in [-0.05, 0) is 24.3 Å². The van der Waals surface area contributed by atoms with Gasteiger partial charge in [-0.3, -0.25) is 4.79 Å². The molecule has 1 N–H and O–H groups in total. The molecule has 1 aliphatic rings. The van der Waals surface area contributed by atoms with Crippen LogP contribution < -0.4 is 5.32 Å². The molecule has 1 aromatic rings. The average molecular weight is 276 g/mol. The van der Waals surface area contributed by atoms with E-state index < -0.39 is 0 Å². The summed E-state index contributed by atoms with van der Waals surface area (Å²) in [5, 5.41) is 2.69. The first-order valence-corrected chi connectivity index (χ1v) is 6.92. The van der Waals surface area contributed by atoms with Crippen molar-refractivity contribution in [1.82, 2.24) is 10.2 Å². The zero-order valence-corrected chi connectivity index (χ0v) is 11.5. The van der Waals surface area contributed by atoms with Crippen molar-refractivity contribution in [3.8, 4) is 0 Å². The van der Waals surface area contributed by atoms with Gasteiger partial charge in [0.05, 0.1) is 0 Å². The highest BCUT2D eigenvalue weighted by atomic mass is 16.6. The maximum Gasteiger partial charge on any atom is 0.410 e. The molecular formula is C15H20N2O3. The van der Waals surface area contributed by atoms with Crippen molar-refractivity contribution in [2.45, 2.75) is 19.4 Å². The number of piperidine rings is 1. The molecule has 0 saturated carbocycles. The molecule has 2 amide bonds. The molecule has 0 radical (unpaired) electrons. The lowest BCUT2D eigenvalue weighted by atomic mass is 9.97. The van der Waals surface area contributed by atoms with Crippen molar-refractivity contribution in [2.75, 3.05) is 19.6 Å². The number of carbonyl (C=O) groups excluding carboxylic acids is 2. The molecule has 0 spiro atoms. The van der Waals surface area contributed by atoms with E-state index in [9.17, 15) is 9.59 Å². The van der Waals surface area contributed by atoms with Gasteiger partial charge in [0, 0.05) is 19.6 Å². The third kappa shape index (κ3) is 4.26. The lowest BCUT2D eigenvalue weighted by molar-refractivity contribution is -0.109. The van der Waals surface area contributed by atoms with Crippen LogP contribution in [0.3, 0.4) is 0 Å². The maximum atomic E-state index is 11.9. The van der Waals surface area contributed by atoms with Gasteiger partial charge in [-0.2, -0.15) is 0 Å². The highest BCUT2D eigenvalue weighted by molar-refractivity contribution is 5.67. The molecule has 0 aromatic heterocycles. The van der Waals surface area contributed by atoms with E-state index in [1.165, 1.54) is 0 Å². The van der Waals surface area contributed by atoms with Gasteiger partial charge in [0.25, 0.3) is 0 Å². The monoisotopic (exact) mass is 276 g/mol. The van der Waals surface area contributed by atoms with E-state index in [4.69, 9.17) is 4.74 Å². The first-order valence-electron chi connectivity index (χ1n) is 6.92. The summed E-state index contributed by atoms with van der Waals surface area (Å²) in [6.07, 6.45) is 2.28. The quantitative estimate of drug-likeness (QED) is 0.834. The Labute approximate surface area is 118 Å². The molecule has 1 fully saturated rings. The molecule has 0 bridgehead atoms. The third-order valence-electron chi connectivity index (χ3n) is 3.57. The first kappa shape index (κ1) is 14.4. The molecule has 5 heteroatoms. The number of carbonyl (C=O) groups is 2. The van der Waals surface area contributed by atoms with Gasteiger partial charge in [-0.25, -0.2) is 4.79 Å². The van der Waals surface area contributed by atoms with Gasteiger partial charge < -0.3 is 15.0 Å². The molecule has 0 aliphatic carbocycles. The Bertz CT molecular complexity index is 428. The minimum Gasteiger partial charge on any atom is -0.445 e. The van der Waals surface area contributed by atoms with Crippen molar-refractivity contribution >= 4 is 12.5 Å². The van der Waals surface area contributed by atoms with Crippen LogP contribution in [-0.4, -0.2) is 37.0 Å². The molecule has 1 saturated heterocycles. The maximum absolute atomic E-state index is 11.9. The number of likely N-dealkylation sites (tertiary alicyclic amines) is 1. The molecular weight excluding hydrogens is 256 g/mol. The Morgan fingerprint density at radius 2 is 2.00 bits per heavy atom. The van der Waals surface area contributed by atoms with Crippen LogP contribution >= 0.6 is 0 Å². The van der Waals surface area contributed by atoms with Crippen molar-refractivity contribution in [3.05, 3.63) is 35.9 Å². The SMILES string of the molecule is O=CNCC1CCN(C(=O)OCc2ccccc2)CC1. The molecule has 1 aliphatic heterocycles. The second-order valence-corrected chi connectivity index (χ2v) is 5.00. The topological polar surface area (TPSA) is 58.6 Å². The molecule has 5 nitrogen and oxygen atoms in total. The van der Waals surface area contributed by atoms with Crippen LogP contribution in [0.4, 0.5) is 4.79 Å². The Morgan fingerprint density at radius 1 is 1.30 bits per heavy atom. The predicted octanol–water partition coefficient (Wildman–Crippen LogP) is 1.78. The fraction of sp³-hybridized carbons (Fsp3) is 0.467. The van der Waals surface area contributed by atoms with E-state index in [2.05, 4.69) is 5.32 Å². The van der Waals surface area contributed by atoms with Crippen LogP contribution in [0.5, 0.6) is 0 Å². The van der Waals surface area contributed by atoms with Crippen LogP contribution in [0.15, 0.2) is 30.3 Å². The normalized spacial score (nSPS) is 15.7. The fourth-order valence-electron chi connectivity index (χ4n) is 2.35. The van der Waals surface area contributed by atoms with Crippen molar-refractivity contribution in [1.29, 1.82) is 0 Å². The first-order chi connectivity index (χ1) is 9.79. The summed E-state index contributed by atoms with van der Waals surface area (Å²) in [5.41, 5.74) is 0.992. The van der Waals surface area contributed by atoms with Crippen LogP contribution in [0.25, 0.3) is 0 Å². The lowest BCUT2D eigenvalue weighted by Crippen LogP contribution is -2.40. The highest BCUT2D eigenvalue weighted by Crippen LogP contribution is 2.17. The summed E-state index contributed by atoms with van der Waals surface area (Å²) in [6, 6.07) is 9.65. The predicted molar refractivity (Wildman–Crippen MR) is 75.0 cm³/mol. The van der Waals surface area contributed by atoms with Gasteiger partial charge >= 0.3 is 6.09 Å². The average Bonchev–Trinajstić information content (AvgIpc) is 2.52. The summed E-state index contributed by atoms with van der Waals surface area (Å²) in [5.74, 6) is 0.457. The van der Waals surface area contributed by atoms with Crippen LogP contribution in [0.2, 0.25) is 0 Å². The molecule has 0 atom stereocenters. The van der Waals surface area contributed by atoms with E-state index in [1.54, 1.807) is 4.90 Å². The van der Waals surface area contributed by atoms with Crippen molar-refractivity contribution in [3.63, 3.8) is 0 Å². The minimum atomic E-state index is -0.254. The molecule has 1 aromatic carbocycles. The third-order valence-corrected chi connectivity index (χ3v) is 3.57. The van der Waals surface area contributed by atoms with Gasteiger partial charge in [0.15, 0.2) is 0 Å². The number of nitrogens with zero attached hydrogens (tertiary/aromatic N) is 1. The van der Waals surface area contributed by atoms with Gasteiger partial charge in [0.1, 0.15) is 6.61 Å². The van der Waals surface area contributed by atoms with E-state index >= 15 is 0 Å². The molecule has 1 heterocycles. The van der Waals surface area contributed by atoms with Crippen molar-refractivity contribution < 1.29 is 14.3 Å². The van der Waals surface area contributed by atoms with Crippen molar-refractivity contribution in [2.24, 2.45) is 5.92 Å². The summed E-state index contributed by atoms with van der Waals surface area (Å²) < 4.78 is 5.30. The van der Waals surface area contributed by atoms with E-state index in [0.717, 1.165) is 24.8 Å². The van der Waals surface area contributed by atoms with Crippen LogP contribution in [0, 0.1) is 5.92 Å². The van der Waals surface area contributed by atoms with Crippen LogP contribution in [-0.2, 0) is 16.1 Å². The number of benzene rings is 1. The zero-order chi connectivity index (χ0) is 14.2. The number of ether oxygens (including phenoxy) is 1. The number of amides is 2. The Morgan fingerprint density at radius 3 is 2.65 bits per heavy atom. The molecule has 108 valence electrons. The van der Waals surface area contributed by atoms with Gasteiger partial charge in [-0.15, -0.1) is 0 Å². The second kappa shape index (κ2) is 7.53. The highest BCUT2D eigenvalue weighted by Gasteiger charge is 2.23. The van der Waals surface area contributed by atoms with Crippen LogP contribution in [0.1, 0.15) is 18.4 Å². The molecule has 2 rings (SSSR count).